The standard InChI is InChI=1S/C11H15N2O6PS2/c1-21(14,15)18-7-11(19-22(2,16)17)8-3-4-9-6-12-13(20)10(9)5-8/h3-6,11H,7,20H2,1-2H3/t11-/m1/s1. The topological polar surface area (TPSA) is 105 Å². The minimum Gasteiger partial charge on any atom is -0.267 e. The Labute approximate surface area is 130 Å². The van der Waals surface area contributed by atoms with Crippen LogP contribution in [0.2, 0.25) is 0 Å². The minimum atomic E-state index is -3.79. The molecule has 0 radical (unpaired) electrons. The zero-order valence-electron chi connectivity index (χ0n) is 11.8. The lowest BCUT2D eigenvalue weighted by Gasteiger charge is -2.16. The molecule has 1 heterocycles. The Morgan fingerprint density at radius 3 is 2.50 bits per heavy atom. The lowest BCUT2D eigenvalue weighted by Crippen LogP contribution is -2.18. The number of hydrogen-bond donors (Lipinski definition) is 0. The van der Waals surface area contributed by atoms with Crippen LogP contribution in [0.25, 0.3) is 10.9 Å². The van der Waals surface area contributed by atoms with Crippen molar-refractivity contribution in [3.8, 4) is 0 Å². The van der Waals surface area contributed by atoms with Crippen molar-refractivity contribution in [1.82, 2.24) is 9.55 Å². The van der Waals surface area contributed by atoms with Crippen molar-refractivity contribution in [3.05, 3.63) is 30.0 Å². The van der Waals surface area contributed by atoms with E-state index >= 15 is 0 Å². The Balaban J connectivity index is 2.38. The van der Waals surface area contributed by atoms with Gasteiger partial charge in [0.15, 0.2) is 0 Å². The maximum absolute atomic E-state index is 11.4. The molecule has 2 atom stereocenters. The summed E-state index contributed by atoms with van der Waals surface area (Å²) >= 11 is 0. The number of aromatic nitrogens is 2. The molecule has 11 heteroatoms. The van der Waals surface area contributed by atoms with E-state index in [-0.39, 0.29) is 0 Å². The Kier molecular flexibility index (Phi) is 4.88. The van der Waals surface area contributed by atoms with E-state index in [0.717, 1.165) is 23.4 Å². The van der Waals surface area contributed by atoms with E-state index in [2.05, 4.69) is 18.7 Å². The van der Waals surface area contributed by atoms with E-state index in [4.69, 9.17) is 4.18 Å². The van der Waals surface area contributed by atoms with Crippen molar-refractivity contribution in [1.29, 1.82) is 0 Å². The van der Waals surface area contributed by atoms with E-state index in [9.17, 15) is 16.8 Å². The molecule has 2 aromatic rings. The van der Waals surface area contributed by atoms with Crippen molar-refractivity contribution in [3.63, 3.8) is 0 Å². The van der Waals surface area contributed by atoms with E-state index in [1.54, 1.807) is 24.4 Å². The first kappa shape index (κ1) is 17.3. The molecule has 0 amide bonds. The van der Waals surface area contributed by atoms with Gasteiger partial charge < -0.3 is 0 Å². The van der Waals surface area contributed by atoms with E-state index in [1.165, 1.54) is 4.45 Å². The number of hydrogen-bond acceptors (Lipinski definition) is 7. The largest absolute Gasteiger partial charge is 0.267 e. The summed E-state index contributed by atoms with van der Waals surface area (Å²) in [5.74, 6) is 0. The summed E-state index contributed by atoms with van der Waals surface area (Å²) in [6.07, 6.45) is 2.34. The van der Waals surface area contributed by atoms with Crippen LogP contribution < -0.4 is 0 Å². The Morgan fingerprint density at radius 2 is 1.91 bits per heavy atom. The van der Waals surface area contributed by atoms with E-state index < -0.39 is 32.9 Å². The predicted molar refractivity (Wildman–Crippen MR) is 84.3 cm³/mol. The Hall–Kier alpha value is -1.06. The molecule has 0 spiro atoms. The summed E-state index contributed by atoms with van der Waals surface area (Å²) in [5, 5.41) is 4.90. The summed E-state index contributed by atoms with van der Waals surface area (Å²) < 4.78 is 56.1. The third kappa shape index (κ3) is 4.72. The summed E-state index contributed by atoms with van der Waals surface area (Å²) in [5.41, 5.74) is 1.19. The lowest BCUT2D eigenvalue weighted by atomic mass is 10.1. The van der Waals surface area contributed by atoms with Gasteiger partial charge in [0.2, 0.25) is 0 Å². The van der Waals surface area contributed by atoms with Crippen molar-refractivity contribution in [2.24, 2.45) is 0 Å². The molecule has 1 aromatic heterocycles. The van der Waals surface area contributed by atoms with Gasteiger partial charge in [-0.15, -0.1) is 0 Å². The molecule has 0 fully saturated rings. The molecule has 0 saturated heterocycles. The van der Waals surface area contributed by atoms with Gasteiger partial charge in [-0.1, -0.05) is 12.1 Å². The smallest absolute Gasteiger partial charge is 0.265 e. The second-order valence-corrected chi connectivity index (χ2v) is 8.42. The minimum absolute atomic E-state index is 0.442. The number of rotatable bonds is 6. The van der Waals surface area contributed by atoms with E-state index in [1.807, 2.05) is 0 Å². The van der Waals surface area contributed by atoms with Gasteiger partial charge in [0.1, 0.15) is 6.10 Å². The molecule has 8 nitrogen and oxygen atoms in total. The van der Waals surface area contributed by atoms with Gasteiger partial charge in [0.25, 0.3) is 20.2 Å². The van der Waals surface area contributed by atoms with Crippen LogP contribution in [-0.4, -0.2) is 45.5 Å². The van der Waals surface area contributed by atoms with Crippen LogP contribution in [0.5, 0.6) is 0 Å². The maximum Gasteiger partial charge on any atom is 0.265 e. The second-order valence-electron chi connectivity index (χ2n) is 4.69. The van der Waals surface area contributed by atoms with Gasteiger partial charge in [-0.3, -0.25) is 12.8 Å². The van der Waals surface area contributed by atoms with Gasteiger partial charge in [-0.25, -0.2) is 0 Å². The molecule has 2 rings (SSSR count). The molecule has 0 aliphatic carbocycles. The zero-order valence-corrected chi connectivity index (χ0v) is 14.6. The van der Waals surface area contributed by atoms with Crippen LogP contribution in [0.4, 0.5) is 0 Å². The first-order valence-corrected chi connectivity index (χ1v) is 10.2. The first-order chi connectivity index (χ1) is 10.1. The Morgan fingerprint density at radius 1 is 1.23 bits per heavy atom. The average molecular weight is 366 g/mol. The van der Waals surface area contributed by atoms with Crippen molar-refractivity contribution >= 4 is 40.5 Å². The van der Waals surface area contributed by atoms with Crippen LogP contribution in [0.3, 0.4) is 0 Å². The van der Waals surface area contributed by atoms with Crippen LogP contribution >= 0.6 is 9.39 Å². The monoisotopic (exact) mass is 366 g/mol. The fraction of sp³-hybridized carbons (Fsp3) is 0.364. The molecule has 122 valence electrons. The molecule has 0 aliphatic heterocycles. The van der Waals surface area contributed by atoms with Crippen molar-refractivity contribution < 1.29 is 25.2 Å². The van der Waals surface area contributed by atoms with Gasteiger partial charge in [0.05, 0.1) is 30.8 Å². The molecule has 0 saturated carbocycles. The van der Waals surface area contributed by atoms with Gasteiger partial charge in [-0.05, 0) is 21.0 Å². The summed E-state index contributed by atoms with van der Waals surface area (Å²) in [6.45, 7) is -0.442. The van der Waals surface area contributed by atoms with E-state index in [0.29, 0.717) is 5.56 Å². The zero-order chi connectivity index (χ0) is 16.5. The number of fused-ring (bicyclic) bond motifs is 1. The molecule has 0 N–H and O–H groups in total. The number of nitrogens with zero attached hydrogens (tertiary/aromatic N) is 2. The lowest BCUT2D eigenvalue weighted by molar-refractivity contribution is 0.141. The summed E-state index contributed by atoms with van der Waals surface area (Å²) in [4.78, 5) is 0. The highest BCUT2D eigenvalue weighted by atomic mass is 32.2. The molecule has 1 aromatic carbocycles. The quantitative estimate of drug-likeness (QED) is 0.546. The van der Waals surface area contributed by atoms with Crippen LogP contribution in [0, 0.1) is 0 Å². The predicted octanol–water partition coefficient (Wildman–Crippen LogP) is 0.668. The molecule has 1 unspecified atom stereocenters. The van der Waals surface area contributed by atoms with Crippen molar-refractivity contribution in [2.75, 3.05) is 19.1 Å². The summed E-state index contributed by atoms with van der Waals surface area (Å²) in [6, 6.07) is 5.03. The van der Waals surface area contributed by atoms with Crippen LogP contribution in [0.15, 0.2) is 24.4 Å². The van der Waals surface area contributed by atoms with Gasteiger partial charge in [-0.2, -0.15) is 21.9 Å². The molecular weight excluding hydrogens is 351 g/mol. The highest BCUT2D eigenvalue weighted by Crippen LogP contribution is 2.25. The molecule has 0 aliphatic rings. The highest BCUT2D eigenvalue weighted by molar-refractivity contribution is 7.86. The fourth-order valence-electron chi connectivity index (χ4n) is 1.83. The third-order valence-electron chi connectivity index (χ3n) is 2.72. The molecule has 0 bridgehead atoms. The van der Waals surface area contributed by atoms with Crippen LogP contribution in [0.1, 0.15) is 11.7 Å². The highest BCUT2D eigenvalue weighted by Gasteiger charge is 2.21. The van der Waals surface area contributed by atoms with Gasteiger partial charge >= 0.3 is 0 Å². The number of benzene rings is 1. The van der Waals surface area contributed by atoms with Crippen molar-refractivity contribution in [2.45, 2.75) is 6.10 Å². The fourth-order valence-corrected chi connectivity index (χ4v) is 3.08. The maximum atomic E-state index is 11.4. The average Bonchev–Trinajstić information content (AvgIpc) is 2.74. The molecule has 22 heavy (non-hydrogen) atoms. The Bertz CT molecular complexity index is 890. The van der Waals surface area contributed by atoms with Gasteiger partial charge in [0, 0.05) is 5.39 Å². The molecular formula is C11H15N2O6PS2. The SMILES string of the molecule is CS(=O)(=O)OC[C@@H](OS(C)(=O)=O)c1ccc2cnn(P)c2c1. The first-order valence-electron chi connectivity index (χ1n) is 6.00. The second kappa shape index (κ2) is 6.21. The van der Waals surface area contributed by atoms with Crippen LogP contribution in [-0.2, 0) is 28.6 Å². The third-order valence-corrected chi connectivity index (χ3v) is 4.28. The normalized spacial score (nSPS) is 14.3. The summed E-state index contributed by atoms with van der Waals surface area (Å²) in [7, 11) is -5.12.